The highest BCUT2D eigenvalue weighted by Crippen LogP contribution is 2.09. The highest BCUT2D eigenvalue weighted by Gasteiger charge is 1.95. The Kier molecular flexibility index (Phi) is 18.4. The molecule has 1 aromatic rings. The molecule has 0 aliphatic heterocycles. The van der Waals surface area contributed by atoms with E-state index >= 15 is 0 Å². The number of carbonyl (C=O) groups is 2. The Morgan fingerprint density at radius 3 is 2.10 bits per heavy atom. The van der Waals surface area contributed by atoms with Crippen molar-refractivity contribution in [2.45, 2.75) is 46.0 Å². The minimum atomic E-state index is -1.17. The third-order valence-electron chi connectivity index (χ3n) is 2.44. The molecule has 4 nitrogen and oxygen atoms in total. The number of rotatable bonds is 6. The zero-order chi connectivity index (χ0) is 15.6. The summed E-state index contributed by atoms with van der Waals surface area (Å²) in [6.45, 7) is 4.09. The van der Waals surface area contributed by atoms with Gasteiger partial charge in [0.15, 0.2) is 0 Å². The Hall–Kier alpha value is -1.38. The molecular weight excluding hydrogens is 275 g/mol. The lowest BCUT2D eigenvalue weighted by atomic mass is 10.0. The van der Waals surface area contributed by atoms with E-state index in [2.05, 4.69) is 19.1 Å². The van der Waals surface area contributed by atoms with Crippen molar-refractivity contribution >= 4 is 21.3 Å². The van der Waals surface area contributed by atoms with Gasteiger partial charge >= 0.3 is 8.69 Å². The van der Waals surface area contributed by atoms with Crippen LogP contribution in [0.15, 0.2) is 24.3 Å². The fourth-order valence-electron chi connectivity index (χ4n) is 1.38. The molecule has 0 bridgehead atoms. The first kappa shape index (κ1) is 20.9. The number of carbonyl (C=O) groups excluding carboxylic acids is 2. The van der Waals surface area contributed by atoms with Crippen LogP contribution < -0.4 is 0 Å². The Balaban J connectivity index is 0. The number of hydrogen-bond donors (Lipinski definition) is 1. The average molecular weight is 299 g/mol. The SMILES string of the molecule is CCCC=O.Cc1ccccc1CCCC=O.O=[PH+]O. The van der Waals surface area contributed by atoms with E-state index in [0.29, 0.717) is 12.8 Å². The van der Waals surface area contributed by atoms with Crippen LogP contribution in [0, 0.1) is 6.92 Å². The number of aldehydes is 2. The van der Waals surface area contributed by atoms with E-state index in [4.69, 9.17) is 9.46 Å². The lowest BCUT2D eigenvalue weighted by Crippen LogP contribution is -1.89. The second kappa shape index (κ2) is 17.6. The molecular formula is C15H24O4P+. The molecule has 1 atom stereocenters. The van der Waals surface area contributed by atoms with Gasteiger partial charge in [-0.1, -0.05) is 31.2 Å². The van der Waals surface area contributed by atoms with Crippen LogP contribution >= 0.6 is 8.69 Å². The van der Waals surface area contributed by atoms with Crippen molar-refractivity contribution in [3.05, 3.63) is 35.4 Å². The molecule has 0 fully saturated rings. The molecule has 0 radical (unpaired) electrons. The van der Waals surface area contributed by atoms with Crippen LogP contribution in [0.4, 0.5) is 0 Å². The van der Waals surface area contributed by atoms with E-state index in [9.17, 15) is 9.59 Å². The maximum absolute atomic E-state index is 10.1. The lowest BCUT2D eigenvalue weighted by molar-refractivity contribution is -0.108. The molecule has 0 saturated heterocycles. The zero-order valence-electron chi connectivity index (χ0n) is 12.2. The third-order valence-corrected chi connectivity index (χ3v) is 2.44. The van der Waals surface area contributed by atoms with Gasteiger partial charge in [0.25, 0.3) is 0 Å². The molecule has 0 amide bonds. The van der Waals surface area contributed by atoms with Gasteiger partial charge in [-0.3, -0.25) is 0 Å². The summed E-state index contributed by atoms with van der Waals surface area (Å²) >= 11 is 0. The first-order chi connectivity index (χ1) is 9.67. The second-order valence-electron chi connectivity index (χ2n) is 4.03. The molecule has 20 heavy (non-hydrogen) atoms. The van der Waals surface area contributed by atoms with E-state index in [1.807, 2.05) is 19.1 Å². The maximum atomic E-state index is 10.1. The predicted octanol–water partition coefficient (Wildman–Crippen LogP) is 3.42. The molecule has 0 aliphatic rings. The molecule has 1 N–H and O–H groups in total. The fraction of sp³-hybridized carbons (Fsp3) is 0.467. The second-order valence-corrected chi connectivity index (χ2v) is 4.21. The summed E-state index contributed by atoms with van der Waals surface area (Å²) in [5.74, 6) is 0. The summed E-state index contributed by atoms with van der Waals surface area (Å²) in [7, 11) is -1.17. The molecule has 0 heterocycles. The molecule has 5 heteroatoms. The van der Waals surface area contributed by atoms with Gasteiger partial charge < -0.3 is 9.59 Å². The van der Waals surface area contributed by atoms with Gasteiger partial charge in [-0.05, 0) is 41.9 Å². The molecule has 0 aliphatic carbocycles. The van der Waals surface area contributed by atoms with Crippen molar-refractivity contribution in [3.8, 4) is 0 Å². The van der Waals surface area contributed by atoms with Crippen molar-refractivity contribution < 1.29 is 19.0 Å². The smallest absolute Gasteiger partial charge is 0.303 e. The van der Waals surface area contributed by atoms with Gasteiger partial charge in [-0.15, -0.1) is 0 Å². The van der Waals surface area contributed by atoms with Gasteiger partial charge in [0.2, 0.25) is 0 Å². The molecule has 1 aromatic carbocycles. The van der Waals surface area contributed by atoms with Crippen LogP contribution in [0.25, 0.3) is 0 Å². The largest absolute Gasteiger partial charge is 0.491 e. The van der Waals surface area contributed by atoms with Crippen LogP contribution in [0.3, 0.4) is 0 Å². The van der Waals surface area contributed by atoms with E-state index in [1.165, 1.54) is 11.1 Å². The minimum absolute atomic E-state index is 0.675. The number of hydrogen-bond acceptors (Lipinski definition) is 3. The summed E-state index contributed by atoms with van der Waals surface area (Å²) in [5.41, 5.74) is 2.68. The number of unbranched alkanes of at least 4 members (excludes halogenated alkanes) is 2. The molecule has 0 spiro atoms. The van der Waals surface area contributed by atoms with E-state index in [1.54, 1.807) is 0 Å². The topological polar surface area (TPSA) is 71.4 Å². The number of benzene rings is 1. The molecule has 0 aromatic heterocycles. The van der Waals surface area contributed by atoms with Crippen LogP contribution in [0.2, 0.25) is 0 Å². The van der Waals surface area contributed by atoms with Crippen molar-refractivity contribution in [1.29, 1.82) is 0 Å². The summed E-state index contributed by atoms with van der Waals surface area (Å²) in [6, 6.07) is 8.32. The lowest BCUT2D eigenvalue weighted by Gasteiger charge is -2.02. The fourth-order valence-corrected chi connectivity index (χ4v) is 1.38. The highest BCUT2D eigenvalue weighted by molar-refractivity contribution is 7.16. The Labute approximate surface area is 122 Å². The quantitative estimate of drug-likeness (QED) is 0.496. The highest BCUT2D eigenvalue weighted by atomic mass is 31.1. The van der Waals surface area contributed by atoms with Crippen LogP contribution in [0.1, 0.15) is 43.7 Å². The summed E-state index contributed by atoms with van der Waals surface area (Å²) in [4.78, 5) is 26.5. The van der Waals surface area contributed by atoms with Gasteiger partial charge in [0.05, 0.1) is 0 Å². The van der Waals surface area contributed by atoms with Crippen molar-refractivity contribution in [1.82, 2.24) is 0 Å². The minimum Gasteiger partial charge on any atom is -0.303 e. The first-order valence-corrected chi connectivity index (χ1v) is 7.46. The normalized spacial score (nSPS) is 8.75. The average Bonchev–Trinajstić information content (AvgIpc) is 2.44. The first-order valence-electron chi connectivity index (χ1n) is 6.60. The summed E-state index contributed by atoms with van der Waals surface area (Å²) in [6.07, 6.45) is 6.26. The van der Waals surface area contributed by atoms with Crippen LogP contribution in [-0.2, 0) is 20.6 Å². The van der Waals surface area contributed by atoms with Crippen molar-refractivity contribution in [2.24, 2.45) is 0 Å². The van der Waals surface area contributed by atoms with Gasteiger partial charge in [0.1, 0.15) is 12.6 Å². The standard InChI is InChI=1S/C11H14O.C4H8O.HO2P/c1-10-6-2-3-7-11(10)8-4-5-9-12;1-2-3-4-5;1-3-2/h2-3,6-7,9H,4-5,8H2,1H3;4H,2-3H2,1H3;3H/p+1. The maximum Gasteiger partial charge on any atom is 0.491 e. The Bertz CT molecular complexity index is 367. The molecule has 1 rings (SSSR count). The summed E-state index contributed by atoms with van der Waals surface area (Å²) < 4.78 is 8.51. The van der Waals surface area contributed by atoms with Gasteiger partial charge in [0, 0.05) is 12.8 Å². The molecule has 0 saturated carbocycles. The van der Waals surface area contributed by atoms with Gasteiger partial charge in [-0.2, -0.15) is 4.89 Å². The number of aryl methyl sites for hydroxylation is 2. The van der Waals surface area contributed by atoms with Crippen LogP contribution in [-0.4, -0.2) is 17.5 Å². The van der Waals surface area contributed by atoms with E-state index in [0.717, 1.165) is 31.8 Å². The van der Waals surface area contributed by atoms with E-state index < -0.39 is 8.69 Å². The zero-order valence-corrected chi connectivity index (χ0v) is 13.2. The van der Waals surface area contributed by atoms with Crippen molar-refractivity contribution in [2.75, 3.05) is 0 Å². The van der Waals surface area contributed by atoms with Crippen molar-refractivity contribution in [3.63, 3.8) is 0 Å². The van der Waals surface area contributed by atoms with Crippen LogP contribution in [0.5, 0.6) is 0 Å². The van der Waals surface area contributed by atoms with E-state index in [-0.39, 0.29) is 0 Å². The molecule has 1 unspecified atom stereocenters. The Morgan fingerprint density at radius 1 is 1.15 bits per heavy atom. The Morgan fingerprint density at radius 2 is 1.70 bits per heavy atom. The molecule has 112 valence electrons. The monoisotopic (exact) mass is 299 g/mol. The third kappa shape index (κ3) is 14.7. The summed E-state index contributed by atoms with van der Waals surface area (Å²) in [5, 5.41) is 0. The predicted molar refractivity (Wildman–Crippen MR) is 82.4 cm³/mol. The van der Waals surface area contributed by atoms with Gasteiger partial charge in [-0.25, -0.2) is 0 Å².